The molecule has 0 N–H and O–H groups in total. The van der Waals surface area contributed by atoms with Crippen LogP contribution in [0.3, 0.4) is 0 Å². The van der Waals surface area contributed by atoms with Crippen LogP contribution in [0.5, 0.6) is 0 Å². The Balaban J connectivity index is 1.28. The summed E-state index contributed by atoms with van der Waals surface area (Å²) >= 11 is 0. The third-order valence-electron chi connectivity index (χ3n) is 12.3. The van der Waals surface area contributed by atoms with E-state index in [-0.39, 0.29) is 0 Å². The molecule has 274 valence electrons. The first kappa shape index (κ1) is 36.2. The van der Waals surface area contributed by atoms with Crippen molar-refractivity contribution in [2.75, 3.05) is 0 Å². The molecule has 0 spiro atoms. The minimum atomic E-state index is -2.75. The van der Waals surface area contributed by atoms with Gasteiger partial charge in [-0.2, -0.15) is 0 Å². The summed E-state index contributed by atoms with van der Waals surface area (Å²) in [5.41, 5.74) is 15.3. The molecule has 0 amide bonds. The fourth-order valence-electron chi connectivity index (χ4n) is 9.33. The molecule has 2 aliphatic carbocycles. The van der Waals surface area contributed by atoms with Crippen LogP contribution in [0.25, 0.3) is 34.0 Å². The summed E-state index contributed by atoms with van der Waals surface area (Å²) < 4.78 is 32.5. The van der Waals surface area contributed by atoms with Gasteiger partial charge in [0.05, 0.1) is 11.4 Å². The first-order chi connectivity index (χ1) is 26.2. The third kappa shape index (κ3) is 7.35. The van der Waals surface area contributed by atoms with Gasteiger partial charge in [-0.05, 0) is 122 Å². The SMILES string of the molecule is Cc1ccc(C2=CC(c3ccc(C4CCCCC4)cc3)=N/C2=C\c2c(-c3ccc(C)cc3C)cc(-c3ccc(C4CCCCC4)cc3)n2B(F)F)c(C)c1. The minimum absolute atomic E-state index is 0.464. The first-order valence-electron chi connectivity index (χ1n) is 20.2. The van der Waals surface area contributed by atoms with Crippen molar-refractivity contribution in [3.05, 3.63) is 153 Å². The van der Waals surface area contributed by atoms with Crippen LogP contribution in [0.1, 0.15) is 126 Å². The smallest absolute Gasteiger partial charge is 0.325 e. The lowest BCUT2D eigenvalue weighted by Gasteiger charge is -2.22. The topological polar surface area (TPSA) is 17.3 Å². The van der Waals surface area contributed by atoms with E-state index in [0.29, 0.717) is 28.9 Å². The summed E-state index contributed by atoms with van der Waals surface area (Å²) in [4.78, 5) is 5.26. The van der Waals surface area contributed by atoms with Gasteiger partial charge in [0.2, 0.25) is 0 Å². The number of nitrogens with zero attached hydrogens (tertiary/aromatic N) is 2. The maximum Gasteiger partial charge on any atom is 0.678 e. The molecule has 2 fully saturated rings. The van der Waals surface area contributed by atoms with Gasteiger partial charge in [-0.15, -0.1) is 0 Å². The fraction of sp³-hybridized carbons (Fsp3) is 0.327. The summed E-state index contributed by atoms with van der Waals surface area (Å²) in [6.45, 7) is 8.36. The van der Waals surface area contributed by atoms with E-state index in [0.717, 1.165) is 55.8 Å². The van der Waals surface area contributed by atoms with Crippen molar-refractivity contribution in [3.8, 4) is 22.4 Å². The highest BCUT2D eigenvalue weighted by atomic mass is 19.2. The molecule has 8 rings (SSSR count). The Bertz CT molecular complexity index is 2240. The Morgan fingerprint density at radius 3 is 1.63 bits per heavy atom. The van der Waals surface area contributed by atoms with Crippen molar-refractivity contribution in [3.63, 3.8) is 0 Å². The Morgan fingerprint density at radius 2 is 1.11 bits per heavy atom. The Labute approximate surface area is 321 Å². The van der Waals surface area contributed by atoms with Gasteiger partial charge in [0.25, 0.3) is 0 Å². The average molecular weight is 717 g/mol. The van der Waals surface area contributed by atoms with E-state index in [1.54, 1.807) is 0 Å². The van der Waals surface area contributed by atoms with Gasteiger partial charge >= 0.3 is 7.40 Å². The summed E-state index contributed by atoms with van der Waals surface area (Å²) in [6.07, 6.45) is 16.7. The zero-order valence-corrected chi connectivity index (χ0v) is 32.3. The second-order valence-corrected chi connectivity index (χ2v) is 16.1. The predicted octanol–water partition coefficient (Wildman–Crippen LogP) is 13.9. The number of halogens is 2. The Morgan fingerprint density at radius 1 is 0.593 bits per heavy atom. The molecule has 5 aromatic rings. The molecule has 1 aromatic heterocycles. The highest BCUT2D eigenvalue weighted by molar-refractivity contribution is 6.42. The number of aliphatic imine (C=N–C) groups is 1. The number of aryl methyl sites for hydroxylation is 4. The van der Waals surface area contributed by atoms with Gasteiger partial charge in [0, 0.05) is 28.1 Å². The molecule has 3 aliphatic rings. The molecule has 0 radical (unpaired) electrons. The van der Waals surface area contributed by atoms with Gasteiger partial charge in [0.1, 0.15) is 0 Å². The lowest BCUT2D eigenvalue weighted by atomic mass is 9.84. The standard InChI is InChI=1S/C49H51BF2N2/c1-32-15-25-42(34(3)27-32)44-29-46(40-21-17-38(18-22-40)36-11-7-5-8-12-36)53-47(44)31-49-45(43-26-16-33(2)28-35(43)4)30-48(54(49)50(51)52)41-23-19-39(20-24-41)37-13-9-6-10-14-37/h15-31,36-37H,5-14H2,1-4H3/b47-31-. The molecule has 0 bridgehead atoms. The lowest BCUT2D eigenvalue weighted by molar-refractivity contribution is 0.443. The third-order valence-corrected chi connectivity index (χ3v) is 12.3. The summed E-state index contributed by atoms with van der Waals surface area (Å²) in [5.74, 6) is 1.17. The van der Waals surface area contributed by atoms with Crippen LogP contribution in [-0.4, -0.2) is 17.6 Å². The van der Waals surface area contributed by atoms with Crippen LogP contribution in [0, 0.1) is 27.7 Å². The zero-order valence-electron chi connectivity index (χ0n) is 32.3. The zero-order chi connectivity index (χ0) is 37.3. The van der Waals surface area contributed by atoms with Crippen LogP contribution in [-0.2, 0) is 0 Å². The number of hydrogen-bond acceptors (Lipinski definition) is 1. The number of benzene rings is 4. The van der Waals surface area contributed by atoms with Gasteiger partial charge < -0.3 is 4.48 Å². The summed E-state index contributed by atoms with van der Waals surface area (Å²) in [7, 11) is -2.75. The van der Waals surface area contributed by atoms with E-state index in [1.165, 1.54) is 85.4 Å². The van der Waals surface area contributed by atoms with Gasteiger partial charge in [0.15, 0.2) is 0 Å². The molecule has 54 heavy (non-hydrogen) atoms. The van der Waals surface area contributed by atoms with Crippen molar-refractivity contribution in [2.24, 2.45) is 4.99 Å². The largest absolute Gasteiger partial charge is 0.678 e. The Hall–Kier alpha value is -4.77. The van der Waals surface area contributed by atoms with Crippen LogP contribution in [0.15, 0.2) is 108 Å². The van der Waals surface area contributed by atoms with Crippen molar-refractivity contribution >= 4 is 24.8 Å². The highest BCUT2D eigenvalue weighted by Crippen LogP contribution is 2.42. The molecule has 0 saturated heterocycles. The molecular formula is C49H51BF2N2. The predicted molar refractivity (Wildman–Crippen MR) is 225 cm³/mol. The molecular weight excluding hydrogens is 665 g/mol. The average Bonchev–Trinajstić information content (AvgIpc) is 3.78. The molecule has 5 heteroatoms. The second-order valence-electron chi connectivity index (χ2n) is 16.1. The minimum Gasteiger partial charge on any atom is -0.325 e. The number of rotatable bonds is 8. The second kappa shape index (κ2) is 15.5. The quantitative estimate of drug-likeness (QED) is 0.142. The van der Waals surface area contributed by atoms with Gasteiger partial charge in [-0.25, -0.2) is 4.99 Å². The van der Waals surface area contributed by atoms with Crippen LogP contribution in [0.4, 0.5) is 8.63 Å². The lowest BCUT2D eigenvalue weighted by Crippen LogP contribution is -2.16. The van der Waals surface area contributed by atoms with Crippen LogP contribution in [0.2, 0.25) is 0 Å². The Kier molecular flexibility index (Phi) is 10.4. The van der Waals surface area contributed by atoms with Crippen molar-refractivity contribution < 1.29 is 8.63 Å². The fourth-order valence-corrected chi connectivity index (χ4v) is 9.33. The summed E-state index contributed by atoms with van der Waals surface area (Å²) in [6, 6.07) is 32.0. The monoisotopic (exact) mass is 716 g/mol. The molecule has 4 aromatic carbocycles. The molecule has 0 atom stereocenters. The molecule has 1 aliphatic heterocycles. The highest BCUT2D eigenvalue weighted by Gasteiger charge is 2.30. The molecule has 0 unspecified atom stereocenters. The first-order valence-corrected chi connectivity index (χ1v) is 20.2. The maximum atomic E-state index is 15.7. The van der Waals surface area contributed by atoms with Crippen LogP contribution < -0.4 is 0 Å². The van der Waals surface area contributed by atoms with E-state index in [4.69, 9.17) is 4.99 Å². The van der Waals surface area contributed by atoms with E-state index in [1.807, 2.05) is 24.3 Å². The van der Waals surface area contributed by atoms with E-state index < -0.39 is 7.40 Å². The van der Waals surface area contributed by atoms with Crippen molar-refractivity contribution in [2.45, 2.75) is 104 Å². The molecule has 2 nitrogen and oxygen atoms in total. The van der Waals surface area contributed by atoms with Crippen molar-refractivity contribution in [1.82, 2.24) is 4.48 Å². The maximum absolute atomic E-state index is 15.7. The molecule has 2 heterocycles. The molecule has 2 saturated carbocycles. The van der Waals surface area contributed by atoms with E-state index in [2.05, 4.69) is 107 Å². The van der Waals surface area contributed by atoms with Gasteiger partial charge in [-0.1, -0.05) is 135 Å². The number of hydrogen-bond donors (Lipinski definition) is 0. The van der Waals surface area contributed by atoms with E-state index >= 15 is 8.63 Å². The van der Waals surface area contributed by atoms with Crippen LogP contribution >= 0.6 is 0 Å². The number of aromatic nitrogens is 1. The number of allylic oxidation sites excluding steroid dienone is 2. The van der Waals surface area contributed by atoms with Crippen molar-refractivity contribution in [1.29, 1.82) is 0 Å². The summed E-state index contributed by atoms with van der Waals surface area (Å²) in [5, 5.41) is 0. The van der Waals surface area contributed by atoms with Gasteiger partial charge in [-0.3, -0.25) is 8.63 Å². The normalized spacial score (nSPS) is 17.6. The van der Waals surface area contributed by atoms with E-state index in [9.17, 15) is 0 Å².